The second-order valence-electron chi connectivity index (χ2n) is 5.00. The number of halogens is 2. The summed E-state index contributed by atoms with van der Waals surface area (Å²) in [5.41, 5.74) is 1.53. The minimum absolute atomic E-state index is 0.0166. The molecule has 0 aromatic heterocycles. The van der Waals surface area contributed by atoms with Crippen molar-refractivity contribution in [1.29, 1.82) is 0 Å². The van der Waals surface area contributed by atoms with Gasteiger partial charge >= 0.3 is 6.61 Å². The molecule has 25 heavy (non-hydrogen) atoms. The maximum absolute atomic E-state index is 12.7. The van der Waals surface area contributed by atoms with Crippen LogP contribution in [0.1, 0.15) is 6.92 Å². The van der Waals surface area contributed by atoms with Gasteiger partial charge in [0.1, 0.15) is 18.1 Å². The van der Waals surface area contributed by atoms with Crippen LogP contribution in [0.5, 0.6) is 11.5 Å². The Bertz CT molecular complexity index is 705. The van der Waals surface area contributed by atoms with Gasteiger partial charge in [0.25, 0.3) is 0 Å². The van der Waals surface area contributed by atoms with E-state index in [4.69, 9.17) is 9.47 Å². The number of anilines is 1. The molecule has 0 saturated carbocycles. The molecule has 0 saturated heterocycles. The second-order valence-corrected chi connectivity index (χ2v) is 5.00. The van der Waals surface area contributed by atoms with Crippen LogP contribution in [0.25, 0.3) is 11.1 Å². The Morgan fingerprint density at radius 3 is 2.48 bits per heavy atom. The van der Waals surface area contributed by atoms with Crippen molar-refractivity contribution in [3.8, 4) is 22.6 Å². The van der Waals surface area contributed by atoms with Gasteiger partial charge in [0.2, 0.25) is 5.91 Å². The fourth-order valence-electron chi connectivity index (χ4n) is 2.19. The third kappa shape index (κ3) is 5.42. The monoisotopic (exact) mass is 351 g/mol. The first kappa shape index (κ1) is 18.7. The molecule has 0 aliphatic rings. The van der Waals surface area contributed by atoms with Gasteiger partial charge in [-0.15, -0.1) is 0 Å². The first-order chi connectivity index (χ1) is 12.0. The van der Waals surface area contributed by atoms with Gasteiger partial charge in [-0.05, 0) is 42.8 Å². The van der Waals surface area contributed by atoms with Gasteiger partial charge in [0, 0.05) is 17.9 Å². The topological polar surface area (TPSA) is 56.8 Å². The lowest BCUT2D eigenvalue weighted by Crippen LogP contribution is -2.18. The zero-order chi connectivity index (χ0) is 18.2. The lowest BCUT2D eigenvalue weighted by Gasteiger charge is -2.14. The standard InChI is InChI=1S/C18H19F2NO4/c1-3-24-11-17(22)21-13-6-9-16(25-18(19)20)15(10-13)12-4-7-14(23-2)8-5-12/h4-10,18H,3,11H2,1-2H3,(H,21,22). The summed E-state index contributed by atoms with van der Waals surface area (Å²) in [5.74, 6) is 0.328. The quantitative estimate of drug-likeness (QED) is 0.783. The predicted octanol–water partition coefficient (Wildman–Crippen LogP) is 3.94. The fraction of sp³-hybridized carbons (Fsp3) is 0.278. The first-order valence-corrected chi connectivity index (χ1v) is 7.64. The Labute approximate surface area is 144 Å². The van der Waals surface area contributed by atoms with Crippen LogP contribution in [-0.2, 0) is 9.53 Å². The Kier molecular flexibility index (Phi) is 6.71. The van der Waals surface area contributed by atoms with Gasteiger partial charge in [-0.2, -0.15) is 8.78 Å². The zero-order valence-electron chi connectivity index (χ0n) is 13.9. The van der Waals surface area contributed by atoms with E-state index >= 15 is 0 Å². The average molecular weight is 351 g/mol. The molecule has 2 aromatic rings. The number of alkyl halides is 2. The summed E-state index contributed by atoms with van der Waals surface area (Å²) in [4.78, 5) is 11.8. The van der Waals surface area contributed by atoms with Crippen molar-refractivity contribution >= 4 is 11.6 Å². The lowest BCUT2D eigenvalue weighted by molar-refractivity contribution is -0.120. The highest BCUT2D eigenvalue weighted by Gasteiger charge is 2.13. The molecule has 2 aromatic carbocycles. The summed E-state index contributed by atoms with van der Waals surface area (Å²) in [6, 6.07) is 11.3. The molecule has 1 N–H and O–H groups in total. The fourth-order valence-corrected chi connectivity index (χ4v) is 2.19. The van der Waals surface area contributed by atoms with Crippen molar-refractivity contribution in [1.82, 2.24) is 0 Å². The highest BCUT2D eigenvalue weighted by atomic mass is 19.3. The van der Waals surface area contributed by atoms with Crippen LogP contribution in [0.2, 0.25) is 0 Å². The van der Waals surface area contributed by atoms with E-state index < -0.39 is 6.61 Å². The number of carbonyl (C=O) groups is 1. The maximum Gasteiger partial charge on any atom is 0.387 e. The molecule has 2 rings (SSSR count). The van der Waals surface area contributed by atoms with Crippen LogP contribution in [-0.4, -0.2) is 32.8 Å². The third-order valence-corrected chi connectivity index (χ3v) is 3.32. The SMILES string of the molecule is CCOCC(=O)Nc1ccc(OC(F)F)c(-c2ccc(OC)cc2)c1. The van der Waals surface area contributed by atoms with Crippen molar-refractivity contribution in [2.75, 3.05) is 25.6 Å². The number of benzene rings is 2. The van der Waals surface area contributed by atoms with E-state index in [2.05, 4.69) is 10.1 Å². The number of methoxy groups -OCH3 is 1. The molecule has 1 amide bonds. The minimum atomic E-state index is -2.95. The molecule has 0 unspecified atom stereocenters. The van der Waals surface area contributed by atoms with Gasteiger partial charge in [-0.3, -0.25) is 4.79 Å². The van der Waals surface area contributed by atoms with Gasteiger partial charge in [0.15, 0.2) is 0 Å². The average Bonchev–Trinajstić information content (AvgIpc) is 2.61. The van der Waals surface area contributed by atoms with Crippen LogP contribution in [0.4, 0.5) is 14.5 Å². The molecule has 0 aliphatic carbocycles. The molecule has 134 valence electrons. The molecule has 0 fully saturated rings. The molecule has 0 radical (unpaired) electrons. The summed E-state index contributed by atoms with van der Waals surface area (Å²) < 4.78 is 40.0. The summed E-state index contributed by atoms with van der Waals surface area (Å²) in [7, 11) is 1.54. The van der Waals surface area contributed by atoms with Gasteiger partial charge in [-0.1, -0.05) is 12.1 Å². The normalized spacial score (nSPS) is 10.6. The van der Waals surface area contributed by atoms with Gasteiger partial charge < -0.3 is 19.5 Å². The Morgan fingerprint density at radius 2 is 1.88 bits per heavy atom. The zero-order valence-corrected chi connectivity index (χ0v) is 13.9. The number of rotatable bonds is 8. The van der Waals surface area contributed by atoms with Gasteiger partial charge in [-0.25, -0.2) is 0 Å². The van der Waals surface area contributed by atoms with E-state index in [0.717, 1.165) is 0 Å². The largest absolute Gasteiger partial charge is 0.497 e. The third-order valence-electron chi connectivity index (χ3n) is 3.32. The van der Waals surface area contributed by atoms with Crippen molar-refractivity contribution in [3.63, 3.8) is 0 Å². The van der Waals surface area contributed by atoms with Crippen LogP contribution in [0, 0.1) is 0 Å². The van der Waals surface area contributed by atoms with Crippen molar-refractivity contribution in [3.05, 3.63) is 42.5 Å². The number of nitrogens with one attached hydrogen (secondary N) is 1. The van der Waals surface area contributed by atoms with Crippen LogP contribution in [0.3, 0.4) is 0 Å². The van der Waals surface area contributed by atoms with Crippen LogP contribution >= 0.6 is 0 Å². The van der Waals surface area contributed by atoms with Crippen molar-refractivity contribution in [2.45, 2.75) is 13.5 Å². The summed E-state index contributed by atoms with van der Waals surface area (Å²) in [6.45, 7) is -0.823. The van der Waals surface area contributed by atoms with Crippen LogP contribution < -0.4 is 14.8 Å². The number of ether oxygens (including phenoxy) is 3. The van der Waals surface area contributed by atoms with E-state index in [9.17, 15) is 13.6 Å². The molecule has 0 bridgehead atoms. The Balaban J connectivity index is 2.31. The molecule has 7 heteroatoms. The molecular formula is C18H19F2NO4. The van der Waals surface area contributed by atoms with E-state index in [1.807, 2.05) is 0 Å². The highest BCUT2D eigenvalue weighted by Crippen LogP contribution is 2.34. The molecular weight excluding hydrogens is 332 g/mol. The molecule has 0 spiro atoms. The Morgan fingerprint density at radius 1 is 1.16 bits per heavy atom. The first-order valence-electron chi connectivity index (χ1n) is 7.64. The van der Waals surface area contributed by atoms with Crippen LogP contribution in [0.15, 0.2) is 42.5 Å². The smallest absolute Gasteiger partial charge is 0.387 e. The molecule has 5 nitrogen and oxygen atoms in total. The summed E-state index contributed by atoms with van der Waals surface area (Å²) in [5, 5.41) is 2.66. The number of hydrogen-bond donors (Lipinski definition) is 1. The maximum atomic E-state index is 12.7. The number of carbonyl (C=O) groups excluding carboxylic acids is 1. The molecule has 0 aliphatic heterocycles. The number of hydrogen-bond acceptors (Lipinski definition) is 4. The Hall–Kier alpha value is -2.67. The van der Waals surface area contributed by atoms with E-state index in [-0.39, 0.29) is 18.3 Å². The highest BCUT2D eigenvalue weighted by molar-refractivity contribution is 5.93. The number of amides is 1. The predicted molar refractivity (Wildman–Crippen MR) is 90.2 cm³/mol. The summed E-state index contributed by atoms with van der Waals surface area (Å²) in [6.07, 6.45) is 0. The lowest BCUT2D eigenvalue weighted by atomic mass is 10.0. The van der Waals surface area contributed by atoms with Gasteiger partial charge in [0.05, 0.1) is 7.11 Å². The molecule has 0 heterocycles. The van der Waals surface area contributed by atoms with E-state index in [0.29, 0.717) is 29.2 Å². The summed E-state index contributed by atoms with van der Waals surface area (Å²) >= 11 is 0. The van der Waals surface area contributed by atoms with Crippen molar-refractivity contribution < 1.29 is 27.8 Å². The van der Waals surface area contributed by atoms with E-state index in [1.54, 1.807) is 37.3 Å². The van der Waals surface area contributed by atoms with E-state index in [1.165, 1.54) is 19.2 Å². The second kappa shape index (κ2) is 8.98. The van der Waals surface area contributed by atoms with Crippen molar-refractivity contribution in [2.24, 2.45) is 0 Å². The molecule has 0 atom stereocenters. The minimum Gasteiger partial charge on any atom is -0.497 e.